The van der Waals surface area contributed by atoms with Crippen LogP contribution in [-0.4, -0.2) is 37.6 Å². The van der Waals surface area contributed by atoms with Gasteiger partial charge in [-0.25, -0.2) is 0 Å². The third-order valence-corrected chi connectivity index (χ3v) is 2.84. The second kappa shape index (κ2) is 4.95. The van der Waals surface area contributed by atoms with Gasteiger partial charge in [-0.05, 0) is 34.7 Å². The minimum absolute atomic E-state index is 0.216. The summed E-state index contributed by atoms with van der Waals surface area (Å²) in [6.07, 6.45) is 0. The zero-order valence-electron chi connectivity index (χ0n) is 8.45. The smallest absolute Gasteiger partial charge is 0.214 e. The maximum Gasteiger partial charge on any atom is 0.214 e. The van der Waals surface area contributed by atoms with Gasteiger partial charge in [0.15, 0.2) is 0 Å². The van der Waals surface area contributed by atoms with E-state index in [2.05, 4.69) is 15.5 Å². The Morgan fingerprint density at radius 3 is 2.75 bits per heavy atom. The summed E-state index contributed by atoms with van der Waals surface area (Å²) in [6.45, 7) is 0.576. The second-order valence-corrected chi connectivity index (χ2v) is 4.09. The van der Waals surface area contributed by atoms with E-state index in [9.17, 15) is 5.11 Å². The third-order valence-electron chi connectivity index (χ3n) is 1.88. The minimum Gasteiger partial charge on any atom is -0.508 e. The molecule has 0 bridgehead atoms. The number of phenolic OH excluding ortho intramolecular Hbond substituents is 1. The number of thioether (sulfide) groups is 1. The molecule has 6 nitrogen and oxygen atoms in total. The molecule has 1 aromatic heterocycles. The number of phenols is 1. The summed E-state index contributed by atoms with van der Waals surface area (Å²) in [4.78, 5) is 0. The first-order chi connectivity index (χ1) is 7.81. The molecule has 0 spiro atoms. The van der Waals surface area contributed by atoms with Crippen LogP contribution in [0.1, 0.15) is 0 Å². The van der Waals surface area contributed by atoms with Crippen molar-refractivity contribution < 1.29 is 5.11 Å². The maximum absolute atomic E-state index is 9.18. The summed E-state index contributed by atoms with van der Waals surface area (Å²) in [5, 5.41) is 21.3. The highest BCUT2D eigenvalue weighted by Gasteiger charge is 2.07. The van der Waals surface area contributed by atoms with Gasteiger partial charge in [-0.15, -0.1) is 5.10 Å². The van der Waals surface area contributed by atoms with Gasteiger partial charge < -0.3 is 10.8 Å². The average Bonchev–Trinajstić information content (AvgIpc) is 2.75. The second-order valence-electron chi connectivity index (χ2n) is 3.03. The van der Waals surface area contributed by atoms with E-state index in [1.54, 1.807) is 28.9 Å². The van der Waals surface area contributed by atoms with Crippen molar-refractivity contribution in [1.82, 2.24) is 20.2 Å². The van der Waals surface area contributed by atoms with E-state index in [1.165, 1.54) is 11.8 Å². The Morgan fingerprint density at radius 2 is 2.06 bits per heavy atom. The molecule has 7 heteroatoms. The minimum atomic E-state index is 0.216. The molecule has 84 valence electrons. The molecule has 0 aliphatic rings. The van der Waals surface area contributed by atoms with Crippen LogP contribution in [0.4, 0.5) is 0 Å². The van der Waals surface area contributed by atoms with Gasteiger partial charge in [-0.1, -0.05) is 11.8 Å². The molecule has 0 fully saturated rings. The highest BCUT2D eigenvalue weighted by atomic mass is 32.2. The Bertz CT molecular complexity index is 455. The number of nitrogens with zero attached hydrogens (tertiary/aromatic N) is 4. The molecule has 0 unspecified atom stereocenters. The first kappa shape index (κ1) is 10.9. The fourth-order valence-electron chi connectivity index (χ4n) is 1.18. The van der Waals surface area contributed by atoms with Gasteiger partial charge in [-0.3, -0.25) is 0 Å². The van der Waals surface area contributed by atoms with E-state index >= 15 is 0 Å². The SMILES string of the molecule is NCCSc1nnnn1-c1ccc(O)cc1. The predicted molar refractivity (Wildman–Crippen MR) is 60.6 cm³/mol. The molecule has 0 atom stereocenters. The average molecular weight is 237 g/mol. The molecule has 1 heterocycles. The van der Waals surface area contributed by atoms with E-state index in [0.717, 1.165) is 11.4 Å². The molecule has 16 heavy (non-hydrogen) atoms. The van der Waals surface area contributed by atoms with Crippen LogP contribution in [0.2, 0.25) is 0 Å². The lowest BCUT2D eigenvalue weighted by Crippen LogP contribution is -2.04. The van der Waals surface area contributed by atoms with Crippen molar-refractivity contribution in [3.63, 3.8) is 0 Å². The Balaban J connectivity index is 2.26. The molecule has 0 radical (unpaired) electrons. The van der Waals surface area contributed by atoms with Crippen molar-refractivity contribution in [2.45, 2.75) is 5.16 Å². The number of hydrogen-bond donors (Lipinski definition) is 2. The van der Waals surface area contributed by atoms with E-state index in [1.807, 2.05) is 0 Å². The molecule has 0 saturated carbocycles. The number of tetrazole rings is 1. The Morgan fingerprint density at radius 1 is 1.31 bits per heavy atom. The number of benzene rings is 1. The molecular weight excluding hydrogens is 226 g/mol. The van der Waals surface area contributed by atoms with Gasteiger partial charge in [0.1, 0.15) is 5.75 Å². The Kier molecular flexibility index (Phi) is 3.37. The highest BCUT2D eigenvalue weighted by Crippen LogP contribution is 2.19. The number of aromatic nitrogens is 4. The van der Waals surface area contributed by atoms with Gasteiger partial charge in [0.25, 0.3) is 0 Å². The summed E-state index contributed by atoms with van der Waals surface area (Å²) in [6, 6.07) is 6.68. The molecule has 2 aromatic rings. The van der Waals surface area contributed by atoms with Crippen LogP contribution >= 0.6 is 11.8 Å². The maximum atomic E-state index is 9.18. The zero-order valence-corrected chi connectivity index (χ0v) is 9.26. The molecule has 0 amide bonds. The van der Waals surface area contributed by atoms with Gasteiger partial charge >= 0.3 is 0 Å². The van der Waals surface area contributed by atoms with Crippen LogP contribution in [0, 0.1) is 0 Å². The molecule has 0 aliphatic heterocycles. The van der Waals surface area contributed by atoms with Crippen LogP contribution in [0.25, 0.3) is 5.69 Å². The van der Waals surface area contributed by atoms with Gasteiger partial charge in [0, 0.05) is 12.3 Å². The summed E-state index contributed by atoms with van der Waals surface area (Å²) < 4.78 is 1.61. The van der Waals surface area contributed by atoms with Crippen molar-refractivity contribution >= 4 is 11.8 Å². The molecule has 1 aromatic carbocycles. The van der Waals surface area contributed by atoms with E-state index in [-0.39, 0.29) is 5.75 Å². The van der Waals surface area contributed by atoms with Crippen molar-refractivity contribution in [2.75, 3.05) is 12.3 Å². The van der Waals surface area contributed by atoms with E-state index < -0.39 is 0 Å². The normalized spacial score (nSPS) is 10.6. The van der Waals surface area contributed by atoms with Crippen LogP contribution < -0.4 is 5.73 Å². The molecule has 2 rings (SSSR count). The topological polar surface area (TPSA) is 89.9 Å². The van der Waals surface area contributed by atoms with Gasteiger partial charge in [0.2, 0.25) is 5.16 Å². The number of aromatic hydroxyl groups is 1. The zero-order chi connectivity index (χ0) is 11.4. The van der Waals surface area contributed by atoms with Crippen LogP contribution in [0.3, 0.4) is 0 Å². The van der Waals surface area contributed by atoms with Crippen molar-refractivity contribution in [2.24, 2.45) is 5.73 Å². The number of nitrogens with two attached hydrogens (primary N) is 1. The number of rotatable bonds is 4. The fourth-order valence-corrected chi connectivity index (χ4v) is 1.83. The Hall–Kier alpha value is -1.60. The number of hydrogen-bond acceptors (Lipinski definition) is 6. The lowest BCUT2D eigenvalue weighted by molar-refractivity contribution is 0.475. The quantitative estimate of drug-likeness (QED) is 0.749. The molecule has 0 aliphatic carbocycles. The predicted octanol–water partition coefficient (Wildman–Crippen LogP) is 0.419. The monoisotopic (exact) mass is 237 g/mol. The van der Waals surface area contributed by atoms with Gasteiger partial charge in [-0.2, -0.15) is 4.68 Å². The fraction of sp³-hybridized carbons (Fsp3) is 0.222. The third kappa shape index (κ3) is 2.31. The van der Waals surface area contributed by atoms with Crippen molar-refractivity contribution in [1.29, 1.82) is 0 Å². The molecular formula is C9H11N5OS. The lowest BCUT2D eigenvalue weighted by atomic mass is 10.3. The Labute approximate surface area is 96.5 Å². The summed E-state index contributed by atoms with van der Waals surface area (Å²) in [5.74, 6) is 0.978. The highest BCUT2D eigenvalue weighted by molar-refractivity contribution is 7.99. The summed E-state index contributed by atoms with van der Waals surface area (Å²) >= 11 is 1.49. The van der Waals surface area contributed by atoms with E-state index in [0.29, 0.717) is 11.7 Å². The van der Waals surface area contributed by atoms with Gasteiger partial charge in [0.05, 0.1) is 5.69 Å². The molecule has 3 N–H and O–H groups in total. The first-order valence-corrected chi connectivity index (χ1v) is 5.70. The van der Waals surface area contributed by atoms with Crippen molar-refractivity contribution in [3.05, 3.63) is 24.3 Å². The summed E-state index contributed by atoms with van der Waals surface area (Å²) in [7, 11) is 0. The van der Waals surface area contributed by atoms with Crippen LogP contribution in [0.5, 0.6) is 5.75 Å². The van der Waals surface area contributed by atoms with E-state index in [4.69, 9.17) is 5.73 Å². The standard InChI is InChI=1S/C9H11N5OS/c10-5-6-16-9-11-12-13-14(9)7-1-3-8(15)4-2-7/h1-4,15H,5-6,10H2. The first-order valence-electron chi connectivity index (χ1n) is 4.72. The van der Waals surface area contributed by atoms with Crippen molar-refractivity contribution in [3.8, 4) is 11.4 Å². The lowest BCUT2D eigenvalue weighted by Gasteiger charge is -2.03. The van der Waals surface area contributed by atoms with Crippen LogP contribution in [0.15, 0.2) is 29.4 Å². The summed E-state index contributed by atoms with van der Waals surface area (Å²) in [5.41, 5.74) is 6.23. The van der Waals surface area contributed by atoms with Crippen LogP contribution in [-0.2, 0) is 0 Å². The molecule has 0 saturated heterocycles. The largest absolute Gasteiger partial charge is 0.508 e.